The fraction of sp³-hybridized carbons (Fsp3) is 0.344. The predicted octanol–water partition coefficient (Wildman–Crippen LogP) is 5.60. The van der Waals surface area contributed by atoms with E-state index in [1.54, 1.807) is 7.11 Å². The van der Waals surface area contributed by atoms with Crippen LogP contribution in [0.5, 0.6) is 5.75 Å². The Hall–Kier alpha value is -3.61. The van der Waals surface area contributed by atoms with E-state index in [0.717, 1.165) is 62.6 Å². The van der Waals surface area contributed by atoms with Gasteiger partial charge in [0.2, 0.25) is 0 Å². The van der Waals surface area contributed by atoms with E-state index in [1.165, 1.54) is 11.1 Å². The molecule has 3 aromatic carbocycles. The van der Waals surface area contributed by atoms with Crippen molar-refractivity contribution >= 4 is 11.7 Å². The van der Waals surface area contributed by atoms with Crippen LogP contribution in [0.1, 0.15) is 29.9 Å². The molecular formula is C32H40N4O2. The molecule has 1 saturated heterocycles. The molecule has 2 amide bonds. The van der Waals surface area contributed by atoms with Crippen LogP contribution in [-0.4, -0.2) is 68.8 Å². The maximum absolute atomic E-state index is 13.6. The standard InChI is InChI=1S/C32H40N4O2/c1-26(24-35-21-9-19-33-20-23-35)25-36(32(37)34-29-14-16-30(38-2)17-15-29)22-18-31(27-10-5-3-6-11-27)28-12-7-4-8-13-28/h3-8,10-17,31,33H,1,9,18-25H2,2H3,(H,34,37). The van der Waals surface area contributed by atoms with Gasteiger partial charge in [-0.1, -0.05) is 67.2 Å². The van der Waals surface area contributed by atoms with Crippen molar-refractivity contribution in [3.8, 4) is 5.75 Å². The normalized spacial score (nSPS) is 14.1. The molecule has 0 unspecified atom stereocenters. The number of hydrogen-bond acceptors (Lipinski definition) is 4. The smallest absolute Gasteiger partial charge is 0.322 e. The number of urea groups is 1. The van der Waals surface area contributed by atoms with Gasteiger partial charge in [0.05, 0.1) is 7.11 Å². The summed E-state index contributed by atoms with van der Waals surface area (Å²) in [6.07, 6.45) is 1.94. The fourth-order valence-corrected chi connectivity index (χ4v) is 5.01. The van der Waals surface area contributed by atoms with Gasteiger partial charge in [0.25, 0.3) is 0 Å². The van der Waals surface area contributed by atoms with Crippen molar-refractivity contribution in [2.45, 2.75) is 18.8 Å². The van der Waals surface area contributed by atoms with Gasteiger partial charge in [-0.15, -0.1) is 0 Å². The summed E-state index contributed by atoms with van der Waals surface area (Å²) in [5.41, 5.74) is 4.30. The highest BCUT2D eigenvalue weighted by molar-refractivity contribution is 5.89. The van der Waals surface area contributed by atoms with Crippen molar-refractivity contribution in [2.75, 3.05) is 58.2 Å². The lowest BCUT2D eigenvalue weighted by molar-refractivity contribution is 0.212. The minimum absolute atomic E-state index is 0.117. The second-order valence-corrected chi connectivity index (χ2v) is 9.87. The zero-order valence-corrected chi connectivity index (χ0v) is 22.4. The molecule has 1 heterocycles. The average Bonchev–Trinajstić information content (AvgIpc) is 3.22. The van der Waals surface area contributed by atoms with Crippen LogP contribution in [0.15, 0.2) is 97.1 Å². The summed E-state index contributed by atoms with van der Waals surface area (Å²) in [6, 6.07) is 28.4. The number of carbonyl (C=O) groups is 1. The van der Waals surface area contributed by atoms with Crippen LogP contribution in [0.2, 0.25) is 0 Å². The molecule has 1 fully saturated rings. The number of nitrogens with one attached hydrogen (secondary N) is 2. The molecule has 4 rings (SSSR count). The van der Waals surface area contributed by atoms with E-state index >= 15 is 0 Å². The molecular weight excluding hydrogens is 472 g/mol. The van der Waals surface area contributed by atoms with E-state index in [2.05, 4.69) is 70.6 Å². The van der Waals surface area contributed by atoms with Gasteiger partial charge in [0, 0.05) is 44.3 Å². The largest absolute Gasteiger partial charge is 0.497 e. The summed E-state index contributed by atoms with van der Waals surface area (Å²) in [4.78, 5) is 17.9. The summed E-state index contributed by atoms with van der Waals surface area (Å²) in [6.45, 7) is 10.4. The molecule has 0 atom stereocenters. The Balaban J connectivity index is 1.49. The molecule has 0 radical (unpaired) electrons. The van der Waals surface area contributed by atoms with Gasteiger partial charge in [-0.25, -0.2) is 4.79 Å². The first-order valence-corrected chi connectivity index (χ1v) is 13.5. The SMILES string of the molecule is C=C(CN1CCCNCC1)CN(CCC(c1ccccc1)c1ccccc1)C(=O)Nc1ccc(OC)cc1. The molecule has 0 spiro atoms. The second-order valence-electron chi connectivity index (χ2n) is 9.87. The van der Waals surface area contributed by atoms with Gasteiger partial charge >= 0.3 is 6.03 Å². The van der Waals surface area contributed by atoms with E-state index < -0.39 is 0 Å². The molecule has 0 aliphatic carbocycles. The number of carbonyl (C=O) groups excluding carboxylic acids is 1. The van der Waals surface area contributed by atoms with Crippen LogP contribution in [0.25, 0.3) is 0 Å². The summed E-state index contributed by atoms with van der Waals surface area (Å²) in [5.74, 6) is 0.951. The lowest BCUT2D eigenvalue weighted by Gasteiger charge is -2.29. The van der Waals surface area contributed by atoms with Gasteiger partial charge in [-0.05, 0) is 66.9 Å². The lowest BCUT2D eigenvalue weighted by Crippen LogP contribution is -2.40. The summed E-state index contributed by atoms with van der Waals surface area (Å²) < 4.78 is 5.26. The van der Waals surface area contributed by atoms with E-state index in [-0.39, 0.29) is 11.9 Å². The van der Waals surface area contributed by atoms with Crippen molar-refractivity contribution in [1.82, 2.24) is 15.1 Å². The summed E-state index contributed by atoms with van der Waals surface area (Å²) in [7, 11) is 1.64. The predicted molar refractivity (Wildman–Crippen MR) is 156 cm³/mol. The molecule has 3 aromatic rings. The molecule has 38 heavy (non-hydrogen) atoms. The zero-order valence-electron chi connectivity index (χ0n) is 22.4. The number of amides is 2. The number of benzene rings is 3. The van der Waals surface area contributed by atoms with E-state index in [0.29, 0.717) is 13.1 Å². The van der Waals surface area contributed by atoms with E-state index in [9.17, 15) is 4.79 Å². The van der Waals surface area contributed by atoms with Crippen molar-refractivity contribution < 1.29 is 9.53 Å². The summed E-state index contributed by atoms with van der Waals surface area (Å²) >= 11 is 0. The second kappa shape index (κ2) is 14.4. The molecule has 1 aliphatic heterocycles. The highest BCUT2D eigenvalue weighted by atomic mass is 16.5. The maximum Gasteiger partial charge on any atom is 0.322 e. The molecule has 0 bridgehead atoms. The third-order valence-corrected chi connectivity index (χ3v) is 7.01. The van der Waals surface area contributed by atoms with Crippen molar-refractivity contribution in [1.29, 1.82) is 0 Å². The van der Waals surface area contributed by atoms with Crippen LogP contribution in [0, 0.1) is 0 Å². The van der Waals surface area contributed by atoms with Crippen LogP contribution in [0.4, 0.5) is 10.5 Å². The van der Waals surface area contributed by atoms with Gasteiger partial charge in [0.15, 0.2) is 0 Å². The fourth-order valence-electron chi connectivity index (χ4n) is 5.01. The Morgan fingerprint density at radius 3 is 2.26 bits per heavy atom. The molecule has 1 aliphatic rings. The zero-order chi connectivity index (χ0) is 26.6. The Labute approximate surface area is 227 Å². The van der Waals surface area contributed by atoms with Crippen LogP contribution >= 0.6 is 0 Å². The Kier molecular flexibility index (Phi) is 10.4. The Morgan fingerprint density at radius 2 is 1.63 bits per heavy atom. The van der Waals surface area contributed by atoms with Gasteiger partial charge in [-0.2, -0.15) is 0 Å². The number of nitrogens with zero attached hydrogens (tertiary/aromatic N) is 2. The van der Waals surface area contributed by atoms with Crippen LogP contribution < -0.4 is 15.4 Å². The number of rotatable bonds is 11. The highest BCUT2D eigenvalue weighted by Gasteiger charge is 2.21. The van der Waals surface area contributed by atoms with Gasteiger partial charge < -0.3 is 20.3 Å². The molecule has 200 valence electrons. The summed E-state index contributed by atoms with van der Waals surface area (Å²) in [5, 5.41) is 6.54. The average molecular weight is 513 g/mol. The molecule has 6 heteroatoms. The van der Waals surface area contributed by atoms with Gasteiger partial charge in [0.1, 0.15) is 5.75 Å². The van der Waals surface area contributed by atoms with E-state index in [4.69, 9.17) is 4.74 Å². The molecule has 0 saturated carbocycles. The number of hydrogen-bond donors (Lipinski definition) is 2. The topological polar surface area (TPSA) is 56.8 Å². The van der Waals surface area contributed by atoms with Crippen molar-refractivity contribution in [3.05, 3.63) is 108 Å². The van der Waals surface area contributed by atoms with Crippen molar-refractivity contribution in [2.24, 2.45) is 0 Å². The third-order valence-electron chi connectivity index (χ3n) is 7.01. The monoisotopic (exact) mass is 512 g/mol. The third kappa shape index (κ3) is 8.20. The quantitative estimate of drug-likeness (QED) is 0.328. The van der Waals surface area contributed by atoms with Crippen LogP contribution in [-0.2, 0) is 0 Å². The van der Waals surface area contributed by atoms with E-state index in [1.807, 2.05) is 41.3 Å². The molecule has 6 nitrogen and oxygen atoms in total. The Bertz CT molecular complexity index is 1090. The lowest BCUT2D eigenvalue weighted by atomic mass is 9.88. The van der Waals surface area contributed by atoms with Crippen molar-refractivity contribution in [3.63, 3.8) is 0 Å². The first kappa shape index (κ1) is 27.4. The first-order valence-electron chi connectivity index (χ1n) is 13.5. The number of anilines is 1. The Morgan fingerprint density at radius 1 is 0.974 bits per heavy atom. The molecule has 2 N–H and O–H groups in total. The minimum Gasteiger partial charge on any atom is -0.497 e. The van der Waals surface area contributed by atoms with Gasteiger partial charge in [-0.3, -0.25) is 4.90 Å². The highest BCUT2D eigenvalue weighted by Crippen LogP contribution is 2.28. The van der Waals surface area contributed by atoms with Crippen LogP contribution in [0.3, 0.4) is 0 Å². The number of methoxy groups -OCH3 is 1. The first-order chi connectivity index (χ1) is 18.6. The maximum atomic E-state index is 13.6. The minimum atomic E-state index is -0.117. The molecule has 0 aromatic heterocycles. The number of ether oxygens (including phenoxy) is 1.